The molecule has 3 nitrogen and oxygen atoms in total. The fourth-order valence-electron chi connectivity index (χ4n) is 2.46. The highest BCUT2D eigenvalue weighted by Gasteiger charge is 2.02. The Morgan fingerprint density at radius 3 is 2.46 bits per heavy atom. The zero-order chi connectivity index (χ0) is 19.8. The lowest BCUT2D eigenvalue weighted by Gasteiger charge is -2.10. The monoisotopic (exact) mass is 431 g/mol. The van der Waals surface area contributed by atoms with Crippen LogP contribution in [-0.2, 0) is 6.42 Å². The van der Waals surface area contributed by atoms with Gasteiger partial charge in [0, 0.05) is 16.5 Å². The average molecular weight is 432 g/mol. The maximum Gasteiger partial charge on any atom is 0.170 e. The van der Waals surface area contributed by atoms with E-state index in [4.69, 9.17) is 23.8 Å². The number of aryl methyl sites for hydroxylation is 1. The Hall–Kier alpha value is -2.15. The zero-order valence-electron chi connectivity index (χ0n) is 15.0. The first-order valence-corrected chi connectivity index (χ1v) is 10.4. The Morgan fingerprint density at radius 1 is 1.04 bits per heavy atom. The summed E-state index contributed by atoms with van der Waals surface area (Å²) in [6.45, 7) is 0.737. The molecule has 3 rings (SSSR count). The second kappa shape index (κ2) is 10.4. The number of anilines is 1. The van der Waals surface area contributed by atoms with Crippen molar-refractivity contribution >= 4 is 46.4 Å². The van der Waals surface area contributed by atoms with E-state index in [1.165, 1.54) is 12.1 Å². The van der Waals surface area contributed by atoms with Gasteiger partial charge in [-0.25, -0.2) is 9.37 Å². The normalized spacial score (nSPS) is 10.5. The van der Waals surface area contributed by atoms with Gasteiger partial charge >= 0.3 is 0 Å². The molecule has 0 saturated carbocycles. The molecule has 0 radical (unpaired) electrons. The van der Waals surface area contributed by atoms with Crippen LogP contribution in [0.4, 0.5) is 10.1 Å². The molecule has 0 amide bonds. The van der Waals surface area contributed by atoms with Crippen LogP contribution in [0.1, 0.15) is 12.0 Å². The van der Waals surface area contributed by atoms with Crippen molar-refractivity contribution < 1.29 is 4.39 Å². The fourth-order valence-corrected chi connectivity index (χ4v) is 3.56. The van der Waals surface area contributed by atoms with Gasteiger partial charge in [-0.3, -0.25) is 0 Å². The van der Waals surface area contributed by atoms with Crippen LogP contribution in [-0.4, -0.2) is 16.6 Å². The Morgan fingerprint density at radius 2 is 1.79 bits per heavy atom. The SMILES string of the molecule is Fc1ccc(CCCNC(=S)Nc2ccc(Sc3ccc(Cl)cc3)nc2)cc1. The Balaban J connectivity index is 1.40. The molecule has 7 heteroatoms. The molecule has 144 valence electrons. The number of rotatable bonds is 7. The molecule has 0 saturated heterocycles. The minimum Gasteiger partial charge on any atom is -0.362 e. The predicted molar refractivity (Wildman–Crippen MR) is 119 cm³/mol. The molecule has 0 aliphatic rings. The van der Waals surface area contributed by atoms with Gasteiger partial charge in [0.1, 0.15) is 10.8 Å². The van der Waals surface area contributed by atoms with Gasteiger partial charge in [0.25, 0.3) is 0 Å². The Bertz CT molecular complexity index is 900. The molecule has 0 bridgehead atoms. The molecular weight excluding hydrogens is 413 g/mol. The van der Waals surface area contributed by atoms with Crippen LogP contribution in [0.15, 0.2) is 76.8 Å². The Labute approximate surface area is 178 Å². The third kappa shape index (κ3) is 6.78. The van der Waals surface area contributed by atoms with E-state index < -0.39 is 0 Å². The second-order valence-electron chi connectivity index (χ2n) is 6.05. The molecule has 2 N–H and O–H groups in total. The minimum absolute atomic E-state index is 0.210. The summed E-state index contributed by atoms with van der Waals surface area (Å²) in [5.74, 6) is -0.210. The number of nitrogens with zero attached hydrogens (tertiary/aromatic N) is 1. The number of halogens is 2. The zero-order valence-corrected chi connectivity index (χ0v) is 17.4. The largest absolute Gasteiger partial charge is 0.362 e. The van der Waals surface area contributed by atoms with Crippen molar-refractivity contribution in [3.8, 4) is 0 Å². The molecule has 0 spiro atoms. The van der Waals surface area contributed by atoms with Crippen LogP contribution in [0.2, 0.25) is 5.02 Å². The third-order valence-corrected chi connectivity index (χ3v) is 5.33. The van der Waals surface area contributed by atoms with E-state index in [-0.39, 0.29) is 5.82 Å². The van der Waals surface area contributed by atoms with Crippen LogP contribution < -0.4 is 10.6 Å². The quantitative estimate of drug-likeness (QED) is 0.357. The number of hydrogen-bond donors (Lipinski definition) is 2. The summed E-state index contributed by atoms with van der Waals surface area (Å²) in [5, 5.41) is 8.47. The summed E-state index contributed by atoms with van der Waals surface area (Å²) in [4.78, 5) is 5.52. The molecule has 1 aromatic heterocycles. The van der Waals surface area contributed by atoms with Crippen molar-refractivity contribution in [2.75, 3.05) is 11.9 Å². The van der Waals surface area contributed by atoms with Crippen LogP contribution in [0.3, 0.4) is 0 Å². The average Bonchev–Trinajstić information content (AvgIpc) is 2.70. The molecule has 2 aromatic carbocycles. The lowest BCUT2D eigenvalue weighted by Crippen LogP contribution is -2.29. The van der Waals surface area contributed by atoms with E-state index in [9.17, 15) is 4.39 Å². The molecule has 0 unspecified atom stereocenters. The maximum absolute atomic E-state index is 12.9. The first kappa shape index (κ1) is 20.6. The molecule has 3 aromatic rings. The van der Waals surface area contributed by atoms with Gasteiger partial charge in [-0.2, -0.15) is 0 Å². The van der Waals surface area contributed by atoms with Gasteiger partial charge in [0.05, 0.1) is 11.9 Å². The highest BCUT2D eigenvalue weighted by molar-refractivity contribution is 7.99. The summed E-state index contributed by atoms with van der Waals surface area (Å²) < 4.78 is 12.9. The highest BCUT2D eigenvalue weighted by Crippen LogP contribution is 2.27. The number of pyridine rings is 1. The van der Waals surface area contributed by atoms with E-state index in [1.807, 2.05) is 36.4 Å². The molecule has 0 aliphatic carbocycles. The van der Waals surface area contributed by atoms with Gasteiger partial charge in [-0.1, -0.05) is 35.5 Å². The fraction of sp³-hybridized carbons (Fsp3) is 0.143. The first-order chi connectivity index (χ1) is 13.6. The lowest BCUT2D eigenvalue weighted by molar-refractivity contribution is 0.626. The lowest BCUT2D eigenvalue weighted by atomic mass is 10.1. The Kier molecular flexibility index (Phi) is 7.65. The van der Waals surface area contributed by atoms with Crippen LogP contribution >= 0.6 is 35.6 Å². The van der Waals surface area contributed by atoms with Gasteiger partial charge in [0.15, 0.2) is 5.11 Å². The number of hydrogen-bond acceptors (Lipinski definition) is 3. The van der Waals surface area contributed by atoms with E-state index in [2.05, 4.69) is 15.6 Å². The summed E-state index contributed by atoms with van der Waals surface area (Å²) in [6.07, 6.45) is 3.53. The van der Waals surface area contributed by atoms with E-state index in [1.54, 1.807) is 30.1 Å². The van der Waals surface area contributed by atoms with Crippen molar-refractivity contribution in [1.82, 2.24) is 10.3 Å². The van der Waals surface area contributed by atoms with E-state index >= 15 is 0 Å². The summed E-state index contributed by atoms with van der Waals surface area (Å²) >= 11 is 12.8. The second-order valence-corrected chi connectivity index (χ2v) is 7.99. The number of nitrogens with one attached hydrogen (secondary N) is 2. The molecular formula is C21H19ClFN3S2. The van der Waals surface area contributed by atoms with Crippen LogP contribution in [0.5, 0.6) is 0 Å². The molecule has 28 heavy (non-hydrogen) atoms. The van der Waals surface area contributed by atoms with Gasteiger partial charge in [-0.15, -0.1) is 0 Å². The van der Waals surface area contributed by atoms with Crippen molar-refractivity contribution in [3.63, 3.8) is 0 Å². The minimum atomic E-state index is -0.210. The smallest absolute Gasteiger partial charge is 0.170 e. The number of thiocarbonyl (C=S) groups is 1. The molecule has 0 atom stereocenters. The summed E-state index contributed by atoms with van der Waals surface area (Å²) in [7, 11) is 0. The van der Waals surface area contributed by atoms with Crippen molar-refractivity contribution in [2.45, 2.75) is 22.8 Å². The van der Waals surface area contributed by atoms with Crippen molar-refractivity contribution in [3.05, 3.63) is 83.3 Å². The van der Waals surface area contributed by atoms with Gasteiger partial charge in [0.2, 0.25) is 0 Å². The van der Waals surface area contributed by atoms with Crippen molar-refractivity contribution in [1.29, 1.82) is 0 Å². The molecule has 0 aliphatic heterocycles. The van der Waals surface area contributed by atoms with Gasteiger partial charge in [-0.05, 0) is 79.2 Å². The van der Waals surface area contributed by atoms with Gasteiger partial charge < -0.3 is 10.6 Å². The van der Waals surface area contributed by atoms with Crippen LogP contribution in [0, 0.1) is 5.82 Å². The molecule has 0 fully saturated rings. The van der Waals surface area contributed by atoms with E-state index in [0.29, 0.717) is 5.11 Å². The number of aromatic nitrogens is 1. The maximum atomic E-state index is 12.9. The summed E-state index contributed by atoms with van der Waals surface area (Å²) in [5.41, 5.74) is 1.94. The van der Waals surface area contributed by atoms with Crippen molar-refractivity contribution in [2.24, 2.45) is 0 Å². The molecule has 1 heterocycles. The topological polar surface area (TPSA) is 37.0 Å². The van der Waals surface area contributed by atoms with E-state index in [0.717, 1.165) is 45.6 Å². The highest BCUT2D eigenvalue weighted by atomic mass is 35.5. The predicted octanol–water partition coefficient (Wildman–Crippen LogP) is 5.94. The number of benzene rings is 2. The standard InChI is InChI=1S/C21H19ClFN3S2/c22-16-5-10-19(11-6-16)28-20-12-9-18(14-25-20)26-21(27)24-13-1-2-15-3-7-17(23)8-4-15/h3-12,14H,1-2,13H2,(H2,24,26,27). The summed E-state index contributed by atoms with van der Waals surface area (Å²) in [6, 6.07) is 18.1. The third-order valence-electron chi connectivity index (χ3n) is 3.87. The van der Waals surface area contributed by atoms with Crippen LogP contribution in [0.25, 0.3) is 0 Å². The first-order valence-electron chi connectivity index (χ1n) is 8.77.